The van der Waals surface area contributed by atoms with Crippen molar-refractivity contribution < 1.29 is 9.18 Å². The first-order valence-corrected chi connectivity index (χ1v) is 11.7. The Morgan fingerprint density at radius 1 is 0.903 bits per heavy atom. The average Bonchev–Trinajstić information content (AvgIpc) is 2.79. The van der Waals surface area contributed by atoms with Gasteiger partial charge in [0, 0.05) is 26.2 Å². The fraction of sp³-hybridized carbons (Fsp3) is 0.500. The summed E-state index contributed by atoms with van der Waals surface area (Å²) >= 11 is 0. The van der Waals surface area contributed by atoms with Crippen LogP contribution in [0.5, 0.6) is 0 Å². The molecule has 0 aliphatic carbocycles. The highest BCUT2D eigenvalue weighted by Gasteiger charge is 2.26. The number of benzene rings is 2. The Labute approximate surface area is 185 Å². The van der Waals surface area contributed by atoms with Gasteiger partial charge in [0.15, 0.2) is 0 Å². The molecule has 0 saturated carbocycles. The zero-order chi connectivity index (χ0) is 21.5. The minimum Gasteiger partial charge on any atom is -0.352 e. The van der Waals surface area contributed by atoms with Crippen molar-refractivity contribution >= 4 is 5.91 Å². The molecule has 4 rings (SSSR count). The van der Waals surface area contributed by atoms with E-state index in [2.05, 4.69) is 39.4 Å². The van der Waals surface area contributed by atoms with Gasteiger partial charge in [-0.25, -0.2) is 4.39 Å². The summed E-state index contributed by atoms with van der Waals surface area (Å²) in [4.78, 5) is 17.7. The van der Waals surface area contributed by atoms with E-state index in [0.29, 0.717) is 13.1 Å². The van der Waals surface area contributed by atoms with Crippen molar-refractivity contribution in [2.24, 2.45) is 5.92 Å². The first-order valence-electron chi connectivity index (χ1n) is 11.7. The third-order valence-electron chi connectivity index (χ3n) is 6.59. The monoisotopic (exact) mass is 423 g/mol. The summed E-state index contributed by atoms with van der Waals surface area (Å²) < 4.78 is 13.5. The van der Waals surface area contributed by atoms with Crippen molar-refractivity contribution in [2.75, 3.05) is 26.2 Å². The molecule has 2 aromatic rings. The maximum Gasteiger partial charge on any atom is 0.224 e. The zero-order valence-corrected chi connectivity index (χ0v) is 18.4. The van der Waals surface area contributed by atoms with Crippen molar-refractivity contribution in [2.45, 2.75) is 51.7 Å². The molecule has 0 spiro atoms. The Balaban J connectivity index is 1.30. The Hall–Kier alpha value is -2.24. The Morgan fingerprint density at radius 3 is 2.48 bits per heavy atom. The standard InChI is InChI=1S/C26H34FN3O/c27-25-12-6-8-21(16-25)18-30-15-7-11-24(20-30)26(31)28-17-22-9-2-3-10-23(22)19-29-13-4-1-5-14-29/h2-3,6,8-10,12,16,24H,1,4-5,7,11,13-15,17-20H2,(H,28,31). The van der Waals surface area contributed by atoms with E-state index in [-0.39, 0.29) is 17.6 Å². The number of hydrogen-bond acceptors (Lipinski definition) is 3. The molecule has 2 aromatic carbocycles. The predicted octanol–water partition coefficient (Wildman–Crippen LogP) is 4.34. The molecule has 1 atom stereocenters. The van der Waals surface area contributed by atoms with Crippen LogP contribution in [0.4, 0.5) is 4.39 Å². The van der Waals surface area contributed by atoms with E-state index in [4.69, 9.17) is 0 Å². The lowest BCUT2D eigenvalue weighted by atomic mass is 9.96. The molecule has 31 heavy (non-hydrogen) atoms. The number of carbonyl (C=O) groups is 1. The van der Waals surface area contributed by atoms with E-state index >= 15 is 0 Å². The van der Waals surface area contributed by atoms with E-state index in [1.54, 1.807) is 12.1 Å². The van der Waals surface area contributed by atoms with Crippen LogP contribution >= 0.6 is 0 Å². The van der Waals surface area contributed by atoms with Gasteiger partial charge in [-0.2, -0.15) is 0 Å². The second-order valence-electron chi connectivity index (χ2n) is 9.03. The second kappa shape index (κ2) is 10.9. The van der Waals surface area contributed by atoms with E-state index in [1.807, 2.05) is 6.07 Å². The molecular weight excluding hydrogens is 389 g/mol. The number of amides is 1. The van der Waals surface area contributed by atoms with Crippen LogP contribution in [0.1, 0.15) is 48.8 Å². The van der Waals surface area contributed by atoms with Gasteiger partial charge in [-0.05, 0) is 74.1 Å². The summed E-state index contributed by atoms with van der Waals surface area (Å²) in [6.45, 7) is 6.28. The summed E-state index contributed by atoms with van der Waals surface area (Å²) in [5.41, 5.74) is 3.50. The van der Waals surface area contributed by atoms with Gasteiger partial charge < -0.3 is 5.32 Å². The first kappa shape index (κ1) is 22.0. The van der Waals surface area contributed by atoms with Crippen molar-refractivity contribution in [3.63, 3.8) is 0 Å². The van der Waals surface area contributed by atoms with Gasteiger partial charge >= 0.3 is 0 Å². The fourth-order valence-corrected chi connectivity index (χ4v) is 4.88. The SMILES string of the molecule is O=C(NCc1ccccc1CN1CCCCC1)C1CCCN(Cc2cccc(F)c2)C1. The summed E-state index contributed by atoms with van der Waals surface area (Å²) in [6.07, 6.45) is 5.82. The number of piperidine rings is 2. The van der Waals surface area contributed by atoms with Crippen molar-refractivity contribution in [3.05, 3.63) is 71.0 Å². The molecule has 166 valence electrons. The molecule has 2 saturated heterocycles. The number of rotatable bonds is 7. The lowest BCUT2D eigenvalue weighted by Gasteiger charge is -2.32. The highest BCUT2D eigenvalue weighted by atomic mass is 19.1. The minimum absolute atomic E-state index is 0.00318. The molecule has 0 bridgehead atoms. The zero-order valence-electron chi connectivity index (χ0n) is 18.4. The largest absolute Gasteiger partial charge is 0.352 e. The molecule has 5 heteroatoms. The molecule has 2 fully saturated rings. The molecule has 1 unspecified atom stereocenters. The molecule has 2 aliphatic heterocycles. The van der Waals surface area contributed by atoms with Crippen molar-refractivity contribution in [1.82, 2.24) is 15.1 Å². The van der Waals surface area contributed by atoms with Gasteiger partial charge in [0.2, 0.25) is 5.91 Å². The Bertz CT molecular complexity index is 865. The topological polar surface area (TPSA) is 35.6 Å². The van der Waals surface area contributed by atoms with Gasteiger partial charge in [0.1, 0.15) is 5.82 Å². The van der Waals surface area contributed by atoms with E-state index < -0.39 is 0 Å². The van der Waals surface area contributed by atoms with Crippen molar-refractivity contribution in [3.8, 4) is 0 Å². The number of halogens is 1. The van der Waals surface area contributed by atoms with Crippen LogP contribution < -0.4 is 5.32 Å². The Kier molecular flexibility index (Phi) is 7.71. The van der Waals surface area contributed by atoms with E-state index in [9.17, 15) is 9.18 Å². The van der Waals surface area contributed by atoms with Gasteiger partial charge in [0.25, 0.3) is 0 Å². The lowest BCUT2D eigenvalue weighted by molar-refractivity contribution is -0.126. The molecule has 4 nitrogen and oxygen atoms in total. The van der Waals surface area contributed by atoms with Gasteiger partial charge in [0.05, 0.1) is 5.92 Å². The van der Waals surface area contributed by atoms with Gasteiger partial charge in [-0.15, -0.1) is 0 Å². The summed E-state index contributed by atoms with van der Waals surface area (Å²) in [6, 6.07) is 15.2. The quantitative estimate of drug-likeness (QED) is 0.720. The molecular formula is C26H34FN3O. The molecule has 2 aliphatic rings. The lowest BCUT2D eigenvalue weighted by Crippen LogP contribution is -2.42. The highest BCUT2D eigenvalue weighted by Crippen LogP contribution is 2.20. The number of carbonyl (C=O) groups excluding carboxylic acids is 1. The molecule has 0 aromatic heterocycles. The number of hydrogen-bond donors (Lipinski definition) is 1. The number of nitrogens with zero attached hydrogens (tertiary/aromatic N) is 2. The normalized spacial score (nSPS) is 20.5. The third-order valence-corrected chi connectivity index (χ3v) is 6.59. The third kappa shape index (κ3) is 6.37. The van der Waals surface area contributed by atoms with Crippen LogP contribution in [0, 0.1) is 11.7 Å². The first-order chi connectivity index (χ1) is 15.2. The van der Waals surface area contributed by atoms with Crippen LogP contribution in [-0.4, -0.2) is 41.9 Å². The summed E-state index contributed by atoms with van der Waals surface area (Å²) in [7, 11) is 0. The van der Waals surface area contributed by atoms with Crippen LogP contribution in [0.25, 0.3) is 0 Å². The summed E-state index contributed by atoms with van der Waals surface area (Å²) in [5, 5.41) is 3.20. The number of nitrogens with one attached hydrogen (secondary N) is 1. The van der Waals surface area contributed by atoms with Crippen LogP contribution in [0.2, 0.25) is 0 Å². The van der Waals surface area contributed by atoms with E-state index in [1.165, 1.54) is 49.5 Å². The molecule has 1 N–H and O–H groups in total. The second-order valence-corrected chi connectivity index (χ2v) is 9.03. The van der Waals surface area contributed by atoms with E-state index in [0.717, 1.165) is 38.0 Å². The van der Waals surface area contributed by atoms with Crippen molar-refractivity contribution in [1.29, 1.82) is 0 Å². The van der Waals surface area contributed by atoms with Crippen LogP contribution in [-0.2, 0) is 24.4 Å². The van der Waals surface area contributed by atoms with Gasteiger partial charge in [-0.3, -0.25) is 14.6 Å². The maximum absolute atomic E-state index is 13.5. The average molecular weight is 424 g/mol. The number of likely N-dealkylation sites (tertiary alicyclic amines) is 2. The smallest absolute Gasteiger partial charge is 0.224 e. The minimum atomic E-state index is -0.202. The highest BCUT2D eigenvalue weighted by molar-refractivity contribution is 5.79. The van der Waals surface area contributed by atoms with Crippen LogP contribution in [0.3, 0.4) is 0 Å². The summed E-state index contributed by atoms with van der Waals surface area (Å²) in [5.74, 6) is -0.0692. The molecule has 2 heterocycles. The predicted molar refractivity (Wildman–Crippen MR) is 122 cm³/mol. The molecule has 1 amide bonds. The van der Waals surface area contributed by atoms with Gasteiger partial charge in [-0.1, -0.05) is 42.8 Å². The maximum atomic E-state index is 13.5. The molecule has 0 radical (unpaired) electrons. The fourth-order valence-electron chi connectivity index (χ4n) is 4.88. The Morgan fingerprint density at radius 2 is 1.68 bits per heavy atom. The van der Waals surface area contributed by atoms with Crippen LogP contribution in [0.15, 0.2) is 48.5 Å².